The van der Waals surface area contributed by atoms with Crippen LogP contribution >= 0.6 is 11.3 Å². The predicted octanol–water partition coefficient (Wildman–Crippen LogP) is 2.35. The van der Waals surface area contributed by atoms with E-state index >= 15 is 0 Å². The number of aromatic nitrogens is 1. The zero-order valence-electron chi connectivity index (χ0n) is 14.5. The van der Waals surface area contributed by atoms with Gasteiger partial charge >= 0.3 is 0 Å². The van der Waals surface area contributed by atoms with Gasteiger partial charge in [0.15, 0.2) is 5.13 Å². The van der Waals surface area contributed by atoms with Crippen molar-refractivity contribution >= 4 is 28.3 Å². The number of carbonyl (C=O) groups excluding carboxylic acids is 2. The van der Waals surface area contributed by atoms with Crippen molar-refractivity contribution in [2.24, 2.45) is 0 Å². The molecule has 2 N–H and O–H groups in total. The molecule has 1 saturated heterocycles. The fraction of sp³-hybridized carbons (Fsp3) is 0.389. The Bertz CT molecular complexity index is 756. The molecule has 1 fully saturated rings. The fourth-order valence-corrected chi connectivity index (χ4v) is 3.88. The summed E-state index contributed by atoms with van der Waals surface area (Å²) in [6, 6.07) is 6.26. The Kier molecular flexibility index (Phi) is 5.63. The van der Waals surface area contributed by atoms with Crippen molar-refractivity contribution in [3.05, 3.63) is 47.2 Å². The maximum Gasteiger partial charge on any atom is 0.240 e. The lowest BCUT2D eigenvalue weighted by molar-refractivity contribution is -0.122. The van der Waals surface area contributed by atoms with E-state index in [2.05, 4.69) is 15.6 Å². The minimum Gasteiger partial charge on any atom is -0.347 e. The van der Waals surface area contributed by atoms with E-state index in [0.29, 0.717) is 31.1 Å². The molecule has 2 amide bonds. The number of amides is 2. The van der Waals surface area contributed by atoms with Crippen molar-refractivity contribution < 1.29 is 14.0 Å². The first-order valence-corrected chi connectivity index (χ1v) is 9.31. The monoisotopic (exact) mass is 376 g/mol. The van der Waals surface area contributed by atoms with Gasteiger partial charge in [-0.15, -0.1) is 11.3 Å². The van der Waals surface area contributed by atoms with Gasteiger partial charge in [-0.3, -0.25) is 14.5 Å². The van der Waals surface area contributed by atoms with Crippen LogP contribution in [0.2, 0.25) is 0 Å². The second kappa shape index (κ2) is 7.92. The summed E-state index contributed by atoms with van der Waals surface area (Å²) in [5.74, 6) is -0.527. The van der Waals surface area contributed by atoms with Crippen LogP contribution in [0.25, 0.3) is 0 Å². The van der Waals surface area contributed by atoms with Crippen LogP contribution in [0, 0.1) is 5.82 Å². The largest absolute Gasteiger partial charge is 0.347 e. The number of nitrogens with one attached hydrogen (secondary N) is 2. The maximum absolute atomic E-state index is 13.3. The summed E-state index contributed by atoms with van der Waals surface area (Å²) in [5.41, 5.74) is 0.364. The van der Waals surface area contributed by atoms with Crippen LogP contribution in [0.15, 0.2) is 35.8 Å². The third kappa shape index (κ3) is 4.44. The van der Waals surface area contributed by atoms with Gasteiger partial charge in [0.1, 0.15) is 5.82 Å². The average Bonchev–Trinajstić information content (AvgIpc) is 3.09. The normalized spacial score (nSPS) is 16.8. The van der Waals surface area contributed by atoms with E-state index < -0.39 is 5.54 Å². The molecular formula is C18H21FN4O2S. The summed E-state index contributed by atoms with van der Waals surface area (Å²) in [5, 5.41) is 8.22. The molecule has 2 aromatic rings. The van der Waals surface area contributed by atoms with Gasteiger partial charge in [-0.05, 0) is 30.5 Å². The lowest BCUT2D eigenvalue weighted by Gasteiger charge is -2.42. The first kappa shape index (κ1) is 18.5. The third-order valence-electron chi connectivity index (χ3n) is 4.57. The SMILES string of the molecule is CC(=O)NC1(c2ccc(F)cc2)CCN(CC(=O)Nc2nccs2)CC1. The first-order valence-electron chi connectivity index (χ1n) is 8.43. The Balaban J connectivity index is 1.63. The Morgan fingerprint density at radius 2 is 1.96 bits per heavy atom. The summed E-state index contributed by atoms with van der Waals surface area (Å²) in [6.07, 6.45) is 2.96. The fourth-order valence-electron chi connectivity index (χ4n) is 3.33. The van der Waals surface area contributed by atoms with Crippen molar-refractivity contribution in [3.63, 3.8) is 0 Å². The van der Waals surface area contributed by atoms with E-state index in [-0.39, 0.29) is 24.2 Å². The molecule has 0 unspecified atom stereocenters. The van der Waals surface area contributed by atoms with Crippen LogP contribution in [-0.2, 0) is 15.1 Å². The molecule has 0 saturated carbocycles. The Morgan fingerprint density at radius 1 is 1.27 bits per heavy atom. The Labute approximate surface area is 155 Å². The smallest absolute Gasteiger partial charge is 0.240 e. The molecule has 0 aliphatic carbocycles. The van der Waals surface area contributed by atoms with Gasteiger partial charge in [-0.2, -0.15) is 0 Å². The summed E-state index contributed by atoms with van der Waals surface area (Å²) in [6.45, 7) is 3.07. The van der Waals surface area contributed by atoms with Crippen LogP contribution in [0.3, 0.4) is 0 Å². The van der Waals surface area contributed by atoms with Crippen LogP contribution in [0.1, 0.15) is 25.3 Å². The molecule has 2 heterocycles. The Morgan fingerprint density at radius 3 is 2.54 bits per heavy atom. The minimum absolute atomic E-state index is 0.103. The van der Waals surface area contributed by atoms with Crippen molar-refractivity contribution in [1.29, 1.82) is 0 Å². The number of benzene rings is 1. The topological polar surface area (TPSA) is 74.3 Å². The second-order valence-corrected chi connectivity index (χ2v) is 7.33. The number of hydrogen-bond donors (Lipinski definition) is 2. The Hall–Kier alpha value is -2.32. The molecule has 26 heavy (non-hydrogen) atoms. The number of rotatable bonds is 5. The third-order valence-corrected chi connectivity index (χ3v) is 5.26. The highest BCUT2D eigenvalue weighted by atomic mass is 32.1. The minimum atomic E-state index is -0.526. The number of likely N-dealkylation sites (tertiary alicyclic amines) is 1. The molecule has 0 bridgehead atoms. The van der Waals surface area contributed by atoms with Gasteiger partial charge in [-0.1, -0.05) is 12.1 Å². The summed E-state index contributed by atoms with van der Waals surface area (Å²) in [7, 11) is 0. The van der Waals surface area contributed by atoms with Gasteiger partial charge in [0, 0.05) is 31.6 Å². The molecule has 3 rings (SSSR count). The van der Waals surface area contributed by atoms with E-state index in [0.717, 1.165) is 5.56 Å². The van der Waals surface area contributed by atoms with Crippen molar-refractivity contribution in [1.82, 2.24) is 15.2 Å². The molecule has 1 aliphatic rings. The maximum atomic E-state index is 13.3. The van der Waals surface area contributed by atoms with E-state index in [4.69, 9.17) is 0 Å². The van der Waals surface area contributed by atoms with Crippen LogP contribution < -0.4 is 10.6 Å². The highest BCUT2D eigenvalue weighted by molar-refractivity contribution is 7.13. The van der Waals surface area contributed by atoms with Crippen molar-refractivity contribution in [2.75, 3.05) is 25.0 Å². The summed E-state index contributed by atoms with van der Waals surface area (Å²) in [4.78, 5) is 29.9. The number of piperidine rings is 1. The molecule has 6 nitrogen and oxygen atoms in total. The molecule has 1 aromatic heterocycles. The first-order chi connectivity index (χ1) is 12.5. The number of hydrogen-bond acceptors (Lipinski definition) is 5. The molecular weight excluding hydrogens is 355 g/mol. The van der Waals surface area contributed by atoms with Crippen molar-refractivity contribution in [2.45, 2.75) is 25.3 Å². The number of anilines is 1. The number of nitrogens with zero attached hydrogens (tertiary/aromatic N) is 2. The van der Waals surface area contributed by atoms with E-state index in [1.807, 2.05) is 4.90 Å². The zero-order chi connectivity index (χ0) is 18.6. The summed E-state index contributed by atoms with van der Waals surface area (Å²) >= 11 is 1.38. The van der Waals surface area contributed by atoms with Crippen LogP contribution in [0.5, 0.6) is 0 Å². The zero-order valence-corrected chi connectivity index (χ0v) is 15.3. The second-order valence-electron chi connectivity index (χ2n) is 6.43. The van der Waals surface area contributed by atoms with Gasteiger partial charge in [0.05, 0.1) is 12.1 Å². The van der Waals surface area contributed by atoms with E-state index in [1.165, 1.54) is 30.4 Å². The lowest BCUT2D eigenvalue weighted by Crippen LogP contribution is -2.53. The molecule has 1 aromatic carbocycles. The highest BCUT2D eigenvalue weighted by Crippen LogP contribution is 2.33. The van der Waals surface area contributed by atoms with Gasteiger partial charge in [0.25, 0.3) is 0 Å². The molecule has 1 aliphatic heterocycles. The van der Waals surface area contributed by atoms with Gasteiger partial charge in [0.2, 0.25) is 11.8 Å². The van der Waals surface area contributed by atoms with Crippen LogP contribution in [-0.4, -0.2) is 41.3 Å². The molecule has 0 spiro atoms. The van der Waals surface area contributed by atoms with E-state index in [1.54, 1.807) is 23.7 Å². The van der Waals surface area contributed by atoms with E-state index in [9.17, 15) is 14.0 Å². The molecule has 138 valence electrons. The highest BCUT2D eigenvalue weighted by Gasteiger charge is 2.37. The number of halogens is 1. The molecule has 8 heteroatoms. The van der Waals surface area contributed by atoms with Gasteiger partial charge < -0.3 is 10.6 Å². The average molecular weight is 376 g/mol. The van der Waals surface area contributed by atoms with Gasteiger partial charge in [-0.25, -0.2) is 9.37 Å². The number of carbonyl (C=O) groups is 2. The quantitative estimate of drug-likeness (QED) is 0.840. The standard InChI is InChI=1S/C18H21FN4O2S/c1-13(24)22-18(14-2-4-15(19)5-3-14)6-9-23(10-7-18)12-16(25)21-17-20-8-11-26-17/h2-5,8,11H,6-7,9-10,12H2,1H3,(H,22,24)(H,20,21,25). The summed E-state index contributed by atoms with van der Waals surface area (Å²) < 4.78 is 13.3. The molecule has 0 atom stereocenters. The number of thiazole rings is 1. The van der Waals surface area contributed by atoms with Crippen LogP contribution in [0.4, 0.5) is 9.52 Å². The van der Waals surface area contributed by atoms with Crippen molar-refractivity contribution in [3.8, 4) is 0 Å². The molecule has 0 radical (unpaired) electrons. The lowest BCUT2D eigenvalue weighted by atomic mass is 9.80. The predicted molar refractivity (Wildman–Crippen MR) is 98.3 cm³/mol.